The number of benzene rings is 1. The van der Waals surface area contributed by atoms with Crippen molar-refractivity contribution >= 4 is 11.8 Å². The van der Waals surface area contributed by atoms with E-state index in [4.69, 9.17) is 9.15 Å². The minimum atomic E-state index is 0.537. The Kier molecular flexibility index (Phi) is 5.36. The van der Waals surface area contributed by atoms with Crippen molar-refractivity contribution in [1.29, 1.82) is 0 Å². The molecule has 102 valence electrons. The fourth-order valence-corrected chi connectivity index (χ4v) is 2.33. The molecule has 1 aromatic heterocycles. The summed E-state index contributed by atoms with van der Waals surface area (Å²) in [6.07, 6.45) is 3.77. The third kappa shape index (κ3) is 3.78. The topological polar surface area (TPSA) is 34.4 Å². The van der Waals surface area contributed by atoms with E-state index in [1.54, 1.807) is 18.0 Å². The SMILES string of the molecule is CCNCc1occc1COc1ccccc1SC. The van der Waals surface area contributed by atoms with Crippen LogP contribution < -0.4 is 10.1 Å². The monoisotopic (exact) mass is 277 g/mol. The smallest absolute Gasteiger partial charge is 0.133 e. The molecule has 0 spiro atoms. The molecule has 0 aliphatic carbocycles. The Bertz CT molecular complexity index is 510. The molecule has 0 fully saturated rings. The molecule has 3 nitrogen and oxygen atoms in total. The molecule has 0 saturated heterocycles. The third-order valence-corrected chi connectivity index (χ3v) is 3.60. The molecule has 0 radical (unpaired) electrons. The predicted octanol–water partition coefficient (Wildman–Crippen LogP) is 3.69. The molecule has 1 N–H and O–H groups in total. The second-order valence-electron chi connectivity index (χ2n) is 4.09. The summed E-state index contributed by atoms with van der Waals surface area (Å²) in [6.45, 7) is 4.28. The van der Waals surface area contributed by atoms with Crippen molar-refractivity contribution < 1.29 is 9.15 Å². The Hall–Kier alpha value is -1.39. The highest BCUT2D eigenvalue weighted by atomic mass is 32.2. The lowest BCUT2D eigenvalue weighted by Gasteiger charge is -2.10. The van der Waals surface area contributed by atoms with Gasteiger partial charge >= 0.3 is 0 Å². The van der Waals surface area contributed by atoms with Crippen LogP contribution in [0.25, 0.3) is 0 Å². The van der Waals surface area contributed by atoms with Crippen LogP contribution in [0.2, 0.25) is 0 Å². The summed E-state index contributed by atoms with van der Waals surface area (Å²) in [5, 5.41) is 3.26. The zero-order valence-corrected chi connectivity index (χ0v) is 12.1. The Labute approximate surface area is 118 Å². The van der Waals surface area contributed by atoms with Crippen LogP contribution in [0.3, 0.4) is 0 Å². The van der Waals surface area contributed by atoms with E-state index >= 15 is 0 Å². The van der Waals surface area contributed by atoms with Crippen LogP contribution in [0.15, 0.2) is 45.9 Å². The molecular weight excluding hydrogens is 258 g/mol. The number of thioether (sulfide) groups is 1. The molecule has 2 rings (SSSR count). The van der Waals surface area contributed by atoms with Gasteiger partial charge in [0.15, 0.2) is 0 Å². The fraction of sp³-hybridized carbons (Fsp3) is 0.333. The molecule has 1 aromatic carbocycles. The first-order valence-corrected chi connectivity index (χ1v) is 7.59. The lowest BCUT2D eigenvalue weighted by atomic mass is 10.2. The number of ether oxygens (including phenoxy) is 1. The van der Waals surface area contributed by atoms with E-state index in [2.05, 4.69) is 24.6 Å². The Morgan fingerprint density at radius 2 is 2.11 bits per heavy atom. The Balaban J connectivity index is 2.00. The molecule has 2 aromatic rings. The van der Waals surface area contributed by atoms with Gasteiger partial charge < -0.3 is 14.5 Å². The van der Waals surface area contributed by atoms with Gasteiger partial charge in [0.25, 0.3) is 0 Å². The average Bonchev–Trinajstić information content (AvgIpc) is 2.90. The molecular formula is C15H19NO2S. The summed E-state index contributed by atoms with van der Waals surface area (Å²) in [5.41, 5.74) is 1.09. The molecule has 0 bridgehead atoms. The summed E-state index contributed by atoms with van der Waals surface area (Å²) in [6, 6.07) is 10.0. The van der Waals surface area contributed by atoms with Crippen LogP contribution in [0.5, 0.6) is 5.75 Å². The van der Waals surface area contributed by atoms with Gasteiger partial charge in [-0.2, -0.15) is 0 Å². The zero-order chi connectivity index (χ0) is 13.5. The van der Waals surface area contributed by atoms with Crippen LogP contribution in [0, 0.1) is 0 Å². The first-order valence-electron chi connectivity index (χ1n) is 6.37. The lowest BCUT2D eigenvalue weighted by Crippen LogP contribution is -2.12. The van der Waals surface area contributed by atoms with Gasteiger partial charge in [-0.1, -0.05) is 19.1 Å². The molecule has 0 saturated carbocycles. The first kappa shape index (κ1) is 14.0. The minimum absolute atomic E-state index is 0.537. The molecule has 0 aliphatic rings. The van der Waals surface area contributed by atoms with Gasteiger partial charge in [0, 0.05) is 10.5 Å². The maximum absolute atomic E-state index is 5.88. The van der Waals surface area contributed by atoms with E-state index < -0.39 is 0 Å². The quantitative estimate of drug-likeness (QED) is 0.783. The molecule has 0 amide bonds. The van der Waals surface area contributed by atoms with Crippen molar-refractivity contribution in [2.45, 2.75) is 25.0 Å². The zero-order valence-electron chi connectivity index (χ0n) is 11.3. The van der Waals surface area contributed by atoms with Gasteiger partial charge in [-0.15, -0.1) is 11.8 Å². The number of hydrogen-bond donors (Lipinski definition) is 1. The van der Waals surface area contributed by atoms with Crippen molar-refractivity contribution in [3.63, 3.8) is 0 Å². The number of furan rings is 1. The van der Waals surface area contributed by atoms with Crippen LogP contribution in [-0.2, 0) is 13.2 Å². The van der Waals surface area contributed by atoms with E-state index in [0.29, 0.717) is 6.61 Å². The van der Waals surface area contributed by atoms with Crippen molar-refractivity contribution in [2.75, 3.05) is 12.8 Å². The highest BCUT2D eigenvalue weighted by Crippen LogP contribution is 2.27. The summed E-state index contributed by atoms with van der Waals surface area (Å²) < 4.78 is 11.3. The van der Waals surface area contributed by atoms with Gasteiger partial charge in [0.2, 0.25) is 0 Å². The lowest BCUT2D eigenvalue weighted by molar-refractivity contribution is 0.294. The second-order valence-corrected chi connectivity index (χ2v) is 4.94. The fourth-order valence-electron chi connectivity index (χ4n) is 1.78. The summed E-state index contributed by atoms with van der Waals surface area (Å²) in [5.74, 6) is 1.87. The van der Waals surface area contributed by atoms with E-state index in [9.17, 15) is 0 Å². The second kappa shape index (κ2) is 7.26. The van der Waals surface area contributed by atoms with E-state index in [1.807, 2.05) is 24.3 Å². The van der Waals surface area contributed by atoms with Crippen LogP contribution in [0.4, 0.5) is 0 Å². The van der Waals surface area contributed by atoms with Crippen LogP contribution >= 0.6 is 11.8 Å². The normalized spacial score (nSPS) is 10.6. The minimum Gasteiger partial charge on any atom is -0.488 e. The molecule has 1 heterocycles. The largest absolute Gasteiger partial charge is 0.488 e. The van der Waals surface area contributed by atoms with Crippen LogP contribution in [-0.4, -0.2) is 12.8 Å². The third-order valence-electron chi connectivity index (χ3n) is 2.83. The van der Waals surface area contributed by atoms with Gasteiger partial charge in [-0.25, -0.2) is 0 Å². The van der Waals surface area contributed by atoms with Crippen molar-refractivity contribution in [2.24, 2.45) is 0 Å². The predicted molar refractivity (Wildman–Crippen MR) is 78.6 cm³/mol. The maximum atomic E-state index is 5.88. The molecule has 0 atom stereocenters. The van der Waals surface area contributed by atoms with Crippen LogP contribution in [0.1, 0.15) is 18.2 Å². The van der Waals surface area contributed by atoms with Crippen molar-refractivity contribution in [3.8, 4) is 5.75 Å². The Morgan fingerprint density at radius 1 is 1.26 bits per heavy atom. The van der Waals surface area contributed by atoms with E-state index in [-0.39, 0.29) is 0 Å². The molecule has 19 heavy (non-hydrogen) atoms. The number of rotatable bonds is 7. The standard InChI is InChI=1S/C15H19NO2S/c1-3-16-10-14-12(8-9-17-14)11-18-13-6-4-5-7-15(13)19-2/h4-9,16H,3,10-11H2,1-2H3. The van der Waals surface area contributed by atoms with Gasteiger partial charge in [-0.05, 0) is 31.0 Å². The number of hydrogen-bond acceptors (Lipinski definition) is 4. The molecule has 4 heteroatoms. The van der Waals surface area contributed by atoms with Gasteiger partial charge in [-0.3, -0.25) is 0 Å². The maximum Gasteiger partial charge on any atom is 0.133 e. The van der Waals surface area contributed by atoms with Gasteiger partial charge in [0.1, 0.15) is 18.1 Å². The van der Waals surface area contributed by atoms with E-state index in [0.717, 1.165) is 35.1 Å². The highest BCUT2D eigenvalue weighted by Gasteiger charge is 2.08. The molecule has 0 aliphatic heterocycles. The first-order chi connectivity index (χ1) is 9.35. The summed E-state index contributed by atoms with van der Waals surface area (Å²) >= 11 is 1.69. The molecule has 0 unspecified atom stereocenters. The van der Waals surface area contributed by atoms with Crippen molar-refractivity contribution in [1.82, 2.24) is 5.32 Å². The van der Waals surface area contributed by atoms with Gasteiger partial charge in [0.05, 0.1) is 12.8 Å². The average molecular weight is 277 g/mol. The number of para-hydroxylation sites is 1. The Morgan fingerprint density at radius 3 is 2.89 bits per heavy atom. The van der Waals surface area contributed by atoms with Crippen molar-refractivity contribution in [3.05, 3.63) is 47.9 Å². The summed E-state index contributed by atoms with van der Waals surface area (Å²) in [4.78, 5) is 1.15. The number of nitrogens with one attached hydrogen (secondary N) is 1. The highest BCUT2D eigenvalue weighted by molar-refractivity contribution is 7.98. The summed E-state index contributed by atoms with van der Waals surface area (Å²) in [7, 11) is 0. The van der Waals surface area contributed by atoms with E-state index in [1.165, 1.54) is 0 Å².